The summed E-state index contributed by atoms with van der Waals surface area (Å²) in [5.41, 5.74) is 0. The van der Waals surface area contributed by atoms with Gasteiger partial charge in [-0.15, -0.1) is 0 Å². The second-order valence-electron chi connectivity index (χ2n) is 6.50. The molecule has 0 aromatic heterocycles. The predicted octanol–water partition coefficient (Wildman–Crippen LogP) is 7.22. The maximum Gasteiger partial charge on any atom is 0.328 e. The van der Waals surface area contributed by atoms with E-state index >= 15 is 0 Å². The third-order valence-corrected chi connectivity index (χ3v) is 4.12. The Morgan fingerprint density at radius 1 is 0.667 bits per heavy atom. The molecular weight excluding hydrogens is 296 g/mol. The van der Waals surface area contributed by atoms with Crippen molar-refractivity contribution in [3.05, 3.63) is 36.5 Å². The zero-order valence-electron chi connectivity index (χ0n) is 15.7. The van der Waals surface area contributed by atoms with Crippen LogP contribution in [0, 0.1) is 0 Å². The van der Waals surface area contributed by atoms with Crippen LogP contribution in [0.25, 0.3) is 0 Å². The normalized spacial score (nSPS) is 12.0. The Labute approximate surface area is 149 Å². The van der Waals surface area contributed by atoms with Crippen molar-refractivity contribution in [3.63, 3.8) is 0 Å². The van der Waals surface area contributed by atoms with E-state index in [4.69, 9.17) is 5.11 Å². The van der Waals surface area contributed by atoms with Gasteiger partial charge >= 0.3 is 5.97 Å². The van der Waals surface area contributed by atoms with Crippen molar-refractivity contribution in [2.24, 2.45) is 0 Å². The summed E-state index contributed by atoms with van der Waals surface area (Å²) >= 11 is 0. The van der Waals surface area contributed by atoms with Gasteiger partial charge in [0.1, 0.15) is 0 Å². The van der Waals surface area contributed by atoms with E-state index in [2.05, 4.69) is 19.1 Å². The molecule has 0 amide bonds. The quantitative estimate of drug-likeness (QED) is 0.132. The van der Waals surface area contributed by atoms with E-state index < -0.39 is 5.97 Å². The van der Waals surface area contributed by atoms with Gasteiger partial charge in [0.15, 0.2) is 0 Å². The van der Waals surface area contributed by atoms with Crippen LogP contribution >= 0.6 is 0 Å². The molecule has 0 rings (SSSR count). The van der Waals surface area contributed by atoms with Gasteiger partial charge in [-0.3, -0.25) is 0 Å². The van der Waals surface area contributed by atoms with Gasteiger partial charge in [0.25, 0.3) is 0 Å². The summed E-state index contributed by atoms with van der Waals surface area (Å²) in [4.78, 5) is 10.3. The van der Waals surface area contributed by atoms with Crippen LogP contribution in [0.4, 0.5) is 0 Å². The molecule has 0 atom stereocenters. The molecule has 2 nitrogen and oxygen atoms in total. The molecule has 2 heteroatoms. The highest BCUT2D eigenvalue weighted by atomic mass is 16.4. The molecular formula is C22H38O2. The maximum absolute atomic E-state index is 10.3. The van der Waals surface area contributed by atoms with Crippen molar-refractivity contribution in [2.75, 3.05) is 0 Å². The number of allylic oxidation sites excluding steroid dienone is 5. The summed E-state index contributed by atoms with van der Waals surface area (Å²) in [6.45, 7) is 2.27. The number of carboxylic acid groups (broad SMARTS) is 1. The smallest absolute Gasteiger partial charge is 0.328 e. The number of hydrogen-bond donors (Lipinski definition) is 1. The van der Waals surface area contributed by atoms with Crippen LogP contribution < -0.4 is 0 Å². The molecule has 0 aliphatic carbocycles. The Morgan fingerprint density at radius 3 is 1.62 bits per heavy atom. The van der Waals surface area contributed by atoms with E-state index in [0.29, 0.717) is 0 Å². The Bertz CT molecular complexity index is 353. The fourth-order valence-electron chi connectivity index (χ4n) is 2.65. The fourth-order valence-corrected chi connectivity index (χ4v) is 2.65. The van der Waals surface area contributed by atoms with Crippen molar-refractivity contribution in [2.45, 2.75) is 96.8 Å². The second-order valence-corrected chi connectivity index (χ2v) is 6.50. The highest BCUT2D eigenvalue weighted by molar-refractivity contribution is 5.80. The van der Waals surface area contributed by atoms with Crippen molar-refractivity contribution in [1.82, 2.24) is 0 Å². The van der Waals surface area contributed by atoms with Crippen LogP contribution in [0.15, 0.2) is 36.5 Å². The molecule has 0 aliphatic heterocycles. The Morgan fingerprint density at radius 2 is 1.12 bits per heavy atom. The molecule has 0 unspecified atom stereocenters. The topological polar surface area (TPSA) is 37.3 Å². The lowest BCUT2D eigenvalue weighted by molar-refractivity contribution is -0.131. The van der Waals surface area contributed by atoms with Crippen LogP contribution in [0.1, 0.15) is 96.8 Å². The summed E-state index contributed by atoms with van der Waals surface area (Å²) in [5.74, 6) is -0.888. The molecule has 0 aliphatic rings. The highest BCUT2D eigenvalue weighted by Gasteiger charge is 1.90. The van der Waals surface area contributed by atoms with Crippen LogP contribution in [0.2, 0.25) is 0 Å². The number of carbonyl (C=O) groups is 1. The molecule has 0 fully saturated rings. The molecule has 24 heavy (non-hydrogen) atoms. The minimum atomic E-state index is -0.888. The molecule has 0 spiro atoms. The van der Waals surface area contributed by atoms with Crippen molar-refractivity contribution < 1.29 is 9.90 Å². The summed E-state index contributed by atoms with van der Waals surface area (Å²) in [5, 5.41) is 8.43. The van der Waals surface area contributed by atoms with Crippen LogP contribution in [-0.4, -0.2) is 11.1 Å². The summed E-state index contributed by atoms with van der Waals surface area (Å²) in [6.07, 6.45) is 29.6. The first-order valence-electron chi connectivity index (χ1n) is 9.98. The first-order chi connectivity index (χ1) is 11.8. The van der Waals surface area contributed by atoms with Gasteiger partial charge in [-0.1, -0.05) is 88.7 Å². The third kappa shape index (κ3) is 20.7. The average Bonchev–Trinajstić information content (AvgIpc) is 2.56. The molecule has 0 saturated carbocycles. The second kappa shape index (κ2) is 19.7. The zero-order chi connectivity index (χ0) is 17.7. The van der Waals surface area contributed by atoms with E-state index in [-0.39, 0.29) is 0 Å². The average molecular weight is 335 g/mol. The summed E-state index contributed by atoms with van der Waals surface area (Å²) in [6, 6.07) is 0. The molecule has 138 valence electrons. The SMILES string of the molecule is CCCCCCCCC=CCCCCCCCC=CC=CC(=O)O. The van der Waals surface area contributed by atoms with Gasteiger partial charge in [-0.05, 0) is 38.5 Å². The van der Waals surface area contributed by atoms with Gasteiger partial charge in [0.05, 0.1) is 0 Å². The Hall–Kier alpha value is -1.31. The number of aliphatic carboxylic acids is 1. The van der Waals surface area contributed by atoms with Crippen LogP contribution in [0.3, 0.4) is 0 Å². The minimum absolute atomic E-state index is 0.888. The lowest BCUT2D eigenvalue weighted by Crippen LogP contribution is -1.84. The molecule has 0 aromatic carbocycles. The van der Waals surface area contributed by atoms with E-state index in [1.165, 1.54) is 83.5 Å². The van der Waals surface area contributed by atoms with Crippen LogP contribution in [0.5, 0.6) is 0 Å². The number of hydrogen-bond acceptors (Lipinski definition) is 1. The Kier molecular flexibility index (Phi) is 18.7. The van der Waals surface area contributed by atoms with Crippen molar-refractivity contribution in [3.8, 4) is 0 Å². The van der Waals surface area contributed by atoms with E-state index in [9.17, 15) is 4.79 Å². The zero-order valence-corrected chi connectivity index (χ0v) is 15.7. The Balaban J connectivity index is 3.19. The summed E-state index contributed by atoms with van der Waals surface area (Å²) in [7, 11) is 0. The maximum atomic E-state index is 10.3. The number of unbranched alkanes of at least 4 members (excludes halogenated alkanes) is 12. The third-order valence-electron chi connectivity index (χ3n) is 4.12. The lowest BCUT2D eigenvalue weighted by atomic mass is 10.1. The monoisotopic (exact) mass is 334 g/mol. The standard InChI is InChI=1S/C22H38O2/c1-2-3-4-5-6-7-8-9-10-11-12-13-14-15-16-17-18-19-20-21-22(23)24/h9-10,18-21H,2-8,11-17H2,1H3,(H,23,24). The fraction of sp³-hybridized carbons (Fsp3) is 0.682. The number of rotatable bonds is 17. The lowest BCUT2D eigenvalue weighted by Gasteiger charge is -1.99. The van der Waals surface area contributed by atoms with Gasteiger partial charge < -0.3 is 5.11 Å². The minimum Gasteiger partial charge on any atom is -0.478 e. The van der Waals surface area contributed by atoms with Gasteiger partial charge in [-0.2, -0.15) is 0 Å². The van der Waals surface area contributed by atoms with Crippen LogP contribution in [-0.2, 0) is 4.79 Å². The van der Waals surface area contributed by atoms with Gasteiger partial charge in [0, 0.05) is 6.08 Å². The first-order valence-corrected chi connectivity index (χ1v) is 9.98. The molecule has 0 radical (unpaired) electrons. The number of carboxylic acids is 1. The molecule has 0 saturated heterocycles. The van der Waals surface area contributed by atoms with E-state index in [0.717, 1.165) is 12.5 Å². The summed E-state index contributed by atoms with van der Waals surface area (Å²) < 4.78 is 0. The molecule has 0 aromatic rings. The van der Waals surface area contributed by atoms with Gasteiger partial charge in [-0.25, -0.2) is 4.79 Å². The molecule has 0 heterocycles. The van der Waals surface area contributed by atoms with E-state index in [1.807, 2.05) is 12.2 Å². The highest BCUT2D eigenvalue weighted by Crippen LogP contribution is 2.10. The predicted molar refractivity (Wildman–Crippen MR) is 105 cm³/mol. The van der Waals surface area contributed by atoms with E-state index in [1.54, 1.807) is 6.08 Å². The van der Waals surface area contributed by atoms with Crippen molar-refractivity contribution in [1.29, 1.82) is 0 Å². The van der Waals surface area contributed by atoms with Crippen molar-refractivity contribution >= 4 is 5.97 Å². The largest absolute Gasteiger partial charge is 0.478 e. The molecule has 1 N–H and O–H groups in total. The first kappa shape index (κ1) is 22.7. The molecule has 0 bridgehead atoms. The van der Waals surface area contributed by atoms with Gasteiger partial charge in [0.2, 0.25) is 0 Å².